The molecule has 0 radical (unpaired) electrons. The molecule has 6 heteroatoms. The fraction of sp³-hybridized carbons (Fsp3) is 0.364. The SMILES string of the molecule is CC1(C)SC2C(C(O)c3ccccc3OCc3ccccc3)C(=O)N2C1C#N. The number of hydrogen-bond acceptors (Lipinski definition) is 5. The number of benzene rings is 2. The molecule has 4 rings (SSSR count). The summed E-state index contributed by atoms with van der Waals surface area (Å²) >= 11 is 1.58. The highest BCUT2D eigenvalue weighted by Crippen LogP contribution is 2.56. The van der Waals surface area contributed by atoms with E-state index in [9.17, 15) is 15.2 Å². The van der Waals surface area contributed by atoms with Gasteiger partial charge >= 0.3 is 0 Å². The summed E-state index contributed by atoms with van der Waals surface area (Å²) in [4.78, 5) is 14.4. The largest absolute Gasteiger partial charge is 0.489 e. The van der Waals surface area contributed by atoms with E-state index < -0.39 is 18.1 Å². The lowest BCUT2D eigenvalue weighted by Crippen LogP contribution is -2.61. The Bertz CT molecular complexity index is 925. The lowest BCUT2D eigenvalue weighted by molar-refractivity contribution is -0.159. The number of para-hydroxylation sites is 1. The predicted molar refractivity (Wildman–Crippen MR) is 107 cm³/mol. The zero-order valence-corrected chi connectivity index (χ0v) is 16.6. The fourth-order valence-electron chi connectivity index (χ4n) is 3.92. The van der Waals surface area contributed by atoms with Gasteiger partial charge in [-0.1, -0.05) is 48.5 Å². The molecule has 2 aliphatic rings. The molecular formula is C22H22N2O3S. The number of aliphatic hydroxyl groups excluding tert-OH is 1. The quantitative estimate of drug-likeness (QED) is 0.786. The molecule has 0 aromatic heterocycles. The van der Waals surface area contributed by atoms with Gasteiger partial charge in [0.1, 0.15) is 18.4 Å². The molecule has 2 aliphatic heterocycles. The van der Waals surface area contributed by atoms with Crippen LogP contribution in [0.2, 0.25) is 0 Å². The summed E-state index contributed by atoms with van der Waals surface area (Å²) in [5.74, 6) is -0.159. The number of rotatable bonds is 5. The fourth-order valence-corrected chi connectivity index (χ4v) is 5.59. The first-order valence-electron chi connectivity index (χ1n) is 9.27. The van der Waals surface area contributed by atoms with Crippen molar-refractivity contribution in [3.63, 3.8) is 0 Å². The van der Waals surface area contributed by atoms with Gasteiger partial charge in [0.2, 0.25) is 5.91 Å². The normalized spacial score (nSPS) is 26.1. The molecule has 2 aromatic carbocycles. The van der Waals surface area contributed by atoms with Crippen LogP contribution < -0.4 is 4.74 Å². The molecule has 2 fully saturated rings. The number of carbonyl (C=O) groups excluding carboxylic acids is 1. The maximum atomic E-state index is 12.8. The second kappa shape index (κ2) is 7.16. The number of ether oxygens (including phenoxy) is 1. The van der Waals surface area contributed by atoms with Gasteiger partial charge in [-0.3, -0.25) is 4.79 Å². The van der Waals surface area contributed by atoms with Crippen molar-refractivity contribution in [2.24, 2.45) is 5.92 Å². The van der Waals surface area contributed by atoms with E-state index in [1.807, 2.05) is 62.4 Å². The third-order valence-corrected chi connectivity index (χ3v) is 7.01. The molecule has 0 saturated carbocycles. The minimum atomic E-state index is -0.971. The topological polar surface area (TPSA) is 73.6 Å². The Balaban J connectivity index is 1.54. The maximum Gasteiger partial charge on any atom is 0.233 e. The summed E-state index contributed by atoms with van der Waals surface area (Å²) in [5, 5.41) is 20.3. The van der Waals surface area contributed by atoms with Crippen LogP contribution in [0.15, 0.2) is 54.6 Å². The average molecular weight is 394 g/mol. The van der Waals surface area contributed by atoms with E-state index >= 15 is 0 Å². The molecule has 2 saturated heterocycles. The van der Waals surface area contributed by atoms with Crippen molar-refractivity contribution < 1.29 is 14.6 Å². The van der Waals surface area contributed by atoms with Crippen LogP contribution in [0.25, 0.3) is 0 Å². The number of amides is 1. The minimum absolute atomic E-state index is 0.167. The van der Waals surface area contributed by atoms with Crippen molar-refractivity contribution in [2.45, 2.75) is 42.7 Å². The first-order chi connectivity index (χ1) is 13.4. The van der Waals surface area contributed by atoms with Crippen molar-refractivity contribution in [2.75, 3.05) is 0 Å². The zero-order valence-electron chi connectivity index (χ0n) is 15.8. The van der Waals surface area contributed by atoms with Gasteiger partial charge in [-0.15, -0.1) is 11.8 Å². The number of fused-ring (bicyclic) bond motifs is 1. The Kier molecular flexibility index (Phi) is 4.82. The van der Waals surface area contributed by atoms with Crippen LogP contribution in [0.3, 0.4) is 0 Å². The maximum absolute atomic E-state index is 12.8. The summed E-state index contributed by atoms with van der Waals surface area (Å²) in [7, 11) is 0. The van der Waals surface area contributed by atoms with E-state index in [1.165, 1.54) is 0 Å². The number of nitrogens with zero attached hydrogens (tertiary/aromatic N) is 2. The van der Waals surface area contributed by atoms with Crippen molar-refractivity contribution in [3.8, 4) is 11.8 Å². The molecule has 0 aliphatic carbocycles. The average Bonchev–Trinajstić information content (AvgIpc) is 2.94. The van der Waals surface area contributed by atoms with Crippen LogP contribution in [0, 0.1) is 17.2 Å². The number of nitriles is 1. The van der Waals surface area contributed by atoms with E-state index in [-0.39, 0.29) is 16.0 Å². The molecule has 0 spiro atoms. The van der Waals surface area contributed by atoms with Crippen LogP contribution in [0.5, 0.6) is 5.75 Å². The van der Waals surface area contributed by atoms with Crippen molar-refractivity contribution >= 4 is 17.7 Å². The van der Waals surface area contributed by atoms with Gasteiger partial charge in [-0.2, -0.15) is 5.26 Å². The molecule has 144 valence electrons. The molecule has 4 unspecified atom stereocenters. The van der Waals surface area contributed by atoms with Crippen molar-refractivity contribution in [3.05, 3.63) is 65.7 Å². The van der Waals surface area contributed by atoms with Gasteiger partial charge < -0.3 is 14.7 Å². The first kappa shape index (κ1) is 18.9. The standard InChI is InChI=1S/C22H22N2O3S/c1-22(2)17(12-23)24-20(26)18(21(24)28-22)19(25)15-10-6-7-11-16(15)27-13-14-8-4-3-5-9-14/h3-11,17-19,21,25H,13H2,1-2H3. The molecule has 28 heavy (non-hydrogen) atoms. The Labute approximate surface area is 168 Å². The molecular weight excluding hydrogens is 372 g/mol. The molecule has 1 N–H and O–H groups in total. The minimum Gasteiger partial charge on any atom is -0.489 e. The summed E-state index contributed by atoms with van der Waals surface area (Å²) in [6, 6.07) is 18.9. The van der Waals surface area contributed by atoms with E-state index in [0.29, 0.717) is 17.9 Å². The monoisotopic (exact) mass is 394 g/mol. The number of carbonyl (C=O) groups is 1. The lowest BCUT2D eigenvalue weighted by atomic mass is 9.85. The summed E-state index contributed by atoms with van der Waals surface area (Å²) in [5.41, 5.74) is 1.64. The smallest absolute Gasteiger partial charge is 0.233 e. The van der Waals surface area contributed by atoms with E-state index in [1.54, 1.807) is 22.7 Å². The highest BCUT2D eigenvalue weighted by molar-refractivity contribution is 8.01. The molecule has 1 amide bonds. The van der Waals surface area contributed by atoms with Crippen LogP contribution in [-0.2, 0) is 11.4 Å². The predicted octanol–water partition coefficient (Wildman–Crippen LogP) is 3.50. The van der Waals surface area contributed by atoms with Crippen LogP contribution in [-0.4, -0.2) is 32.1 Å². The second-order valence-corrected chi connectivity index (χ2v) is 9.44. The Hall–Kier alpha value is -2.49. The highest BCUT2D eigenvalue weighted by atomic mass is 32.2. The van der Waals surface area contributed by atoms with Crippen molar-refractivity contribution in [1.29, 1.82) is 5.26 Å². The Morgan fingerprint density at radius 2 is 1.89 bits per heavy atom. The van der Waals surface area contributed by atoms with Gasteiger partial charge in [-0.25, -0.2) is 0 Å². The highest BCUT2D eigenvalue weighted by Gasteiger charge is 2.63. The van der Waals surface area contributed by atoms with Gasteiger partial charge in [-0.05, 0) is 25.5 Å². The van der Waals surface area contributed by atoms with Crippen LogP contribution >= 0.6 is 11.8 Å². The number of β-lactam (4-membered cyclic amide) rings is 1. The summed E-state index contributed by atoms with van der Waals surface area (Å²) < 4.78 is 5.59. The molecule has 2 aromatic rings. The zero-order chi connectivity index (χ0) is 19.9. The first-order valence-corrected chi connectivity index (χ1v) is 10.2. The van der Waals surface area contributed by atoms with E-state index in [2.05, 4.69) is 6.07 Å². The third kappa shape index (κ3) is 3.05. The van der Waals surface area contributed by atoms with E-state index in [0.717, 1.165) is 5.56 Å². The van der Waals surface area contributed by atoms with Crippen molar-refractivity contribution in [1.82, 2.24) is 4.90 Å². The van der Waals surface area contributed by atoms with Gasteiger partial charge in [0.15, 0.2) is 0 Å². The van der Waals surface area contributed by atoms with Crippen LogP contribution in [0.1, 0.15) is 31.1 Å². The summed E-state index contributed by atoms with van der Waals surface area (Å²) in [6.45, 7) is 4.33. The molecule has 2 heterocycles. The molecule has 5 nitrogen and oxygen atoms in total. The van der Waals surface area contributed by atoms with Crippen LogP contribution in [0.4, 0.5) is 0 Å². The lowest BCUT2D eigenvalue weighted by Gasteiger charge is -2.45. The number of hydrogen-bond donors (Lipinski definition) is 1. The van der Waals surface area contributed by atoms with Gasteiger partial charge in [0.25, 0.3) is 0 Å². The van der Waals surface area contributed by atoms with E-state index in [4.69, 9.17) is 4.74 Å². The number of thioether (sulfide) groups is 1. The molecule has 4 atom stereocenters. The third-order valence-electron chi connectivity index (χ3n) is 5.42. The Morgan fingerprint density at radius 3 is 2.61 bits per heavy atom. The van der Waals surface area contributed by atoms with Gasteiger partial charge in [0, 0.05) is 10.3 Å². The number of aliphatic hydroxyl groups is 1. The van der Waals surface area contributed by atoms with Gasteiger partial charge in [0.05, 0.1) is 23.5 Å². The second-order valence-electron chi connectivity index (χ2n) is 7.67. The Morgan fingerprint density at radius 1 is 1.21 bits per heavy atom. The molecule has 0 bridgehead atoms. The summed E-state index contributed by atoms with van der Waals surface area (Å²) in [6.07, 6.45) is -0.971.